The molecular weight excluding hydrogens is 474 g/mol. The van der Waals surface area contributed by atoms with Gasteiger partial charge in [-0.2, -0.15) is 0 Å². The van der Waals surface area contributed by atoms with Crippen molar-refractivity contribution in [1.82, 2.24) is 14.9 Å². The molecule has 1 aromatic heterocycles. The predicted molar refractivity (Wildman–Crippen MR) is 140 cm³/mol. The third-order valence-electron chi connectivity index (χ3n) is 5.74. The Labute approximate surface area is 209 Å². The number of unbranched alkanes of at least 4 members (excludes halogenated alkanes) is 7. The number of rotatable bonds is 19. The topological polar surface area (TPSA) is 72.0 Å². The average molecular weight is 514 g/mol. The number of benzene rings is 1. The first-order valence-corrected chi connectivity index (χ1v) is 15.3. The zero-order valence-electron chi connectivity index (χ0n) is 20.0. The van der Waals surface area contributed by atoms with Crippen LogP contribution in [0.5, 0.6) is 0 Å². The van der Waals surface area contributed by atoms with E-state index < -0.39 is 10.0 Å². The summed E-state index contributed by atoms with van der Waals surface area (Å²) >= 11 is 7.48. The maximum Gasteiger partial charge on any atom is 0.240 e. The molecule has 0 spiro atoms. The molecule has 1 heterocycles. The Hall–Kier alpha value is -1.02. The van der Waals surface area contributed by atoms with Gasteiger partial charge >= 0.3 is 0 Å². The van der Waals surface area contributed by atoms with Crippen molar-refractivity contribution in [2.45, 2.75) is 108 Å². The van der Waals surface area contributed by atoms with Gasteiger partial charge in [-0.25, -0.2) is 13.1 Å². The van der Waals surface area contributed by atoms with Crippen molar-refractivity contribution in [3.05, 3.63) is 40.3 Å². The van der Waals surface area contributed by atoms with Crippen LogP contribution in [0, 0.1) is 0 Å². The first-order valence-electron chi connectivity index (χ1n) is 12.5. The van der Waals surface area contributed by atoms with Crippen molar-refractivity contribution in [2.75, 3.05) is 5.88 Å². The lowest BCUT2D eigenvalue weighted by atomic mass is 10.0. The van der Waals surface area contributed by atoms with Gasteiger partial charge in [0.25, 0.3) is 0 Å². The maximum absolute atomic E-state index is 12.6. The van der Waals surface area contributed by atoms with Crippen LogP contribution in [0.4, 0.5) is 0 Å². The van der Waals surface area contributed by atoms with E-state index in [1.165, 1.54) is 19.3 Å². The number of nitrogens with zero attached hydrogens (tertiary/aromatic N) is 2. The van der Waals surface area contributed by atoms with Gasteiger partial charge in [-0.3, -0.25) is 0 Å². The minimum Gasteiger partial charge on any atom is -0.208 e. The third-order valence-corrected chi connectivity index (χ3v) is 8.59. The fourth-order valence-electron chi connectivity index (χ4n) is 3.91. The van der Waals surface area contributed by atoms with Crippen LogP contribution >= 0.6 is 22.9 Å². The quantitative estimate of drug-likeness (QED) is 0.163. The summed E-state index contributed by atoms with van der Waals surface area (Å²) in [5, 5.41) is 11.0. The lowest BCUT2D eigenvalue weighted by molar-refractivity contribution is 0.469. The summed E-state index contributed by atoms with van der Waals surface area (Å²) in [7, 11) is -3.43. The van der Waals surface area contributed by atoms with Crippen molar-refractivity contribution in [1.29, 1.82) is 0 Å². The number of hydrogen-bond donors (Lipinski definition) is 1. The van der Waals surface area contributed by atoms with Gasteiger partial charge in [0.2, 0.25) is 10.0 Å². The van der Waals surface area contributed by atoms with E-state index in [0.29, 0.717) is 4.90 Å². The van der Waals surface area contributed by atoms with Crippen LogP contribution in [0.3, 0.4) is 0 Å². The first kappa shape index (κ1) is 28.2. The summed E-state index contributed by atoms with van der Waals surface area (Å²) in [5.41, 5.74) is 0. The number of nitrogens with one attached hydrogen (secondary N) is 1. The molecule has 2 rings (SSSR count). The molecule has 0 bridgehead atoms. The molecule has 0 saturated carbocycles. The Balaban J connectivity index is 1.56. The average Bonchev–Trinajstić information content (AvgIpc) is 3.26. The van der Waals surface area contributed by atoms with Gasteiger partial charge < -0.3 is 0 Å². The molecule has 0 fully saturated rings. The van der Waals surface area contributed by atoms with Crippen LogP contribution in [0.2, 0.25) is 0 Å². The highest BCUT2D eigenvalue weighted by Crippen LogP contribution is 2.18. The first-order chi connectivity index (χ1) is 16.0. The number of halogens is 1. The van der Waals surface area contributed by atoms with E-state index in [0.717, 1.165) is 86.5 Å². The highest BCUT2D eigenvalue weighted by molar-refractivity contribution is 7.89. The van der Waals surface area contributed by atoms with Crippen molar-refractivity contribution in [3.63, 3.8) is 0 Å². The molecule has 0 saturated heterocycles. The summed E-state index contributed by atoms with van der Waals surface area (Å²) in [6.45, 7) is 2.10. The summed E-state index contributed by atoms with van der Waals surface area (Å²) in [6, 6.07) is 8.67. The summed E-state index contributed by atoms with van der Waals surface area (Å²) in [5.74, 6) is 0.744. The van der Waals surface area contributed by atoms with Gasteiger partial charge in [0.1, 0.15) is 10.0 Å². The molecule has 0 aliphatic carbocycles. The van der Waals surface area contributed by atoms with E-state index in [9.17, 15) is 8.42 Å². The molecule has 0 aliphatic rings. The standard InChI is InChI=1S/C25H40ClN3O2S2/c1-2-15-22(29-33(30,31)23-17-10-7-11-18-23)16-9-5-3-4-6-12-19-24-27-28-25(32-24)20-13-8-14-21-26/h7,10-11,17-18,22,29H,2-6,8-9,12-16,19-21H2,1H3. The van der Waals surface area contributed by atoms with Crippen LogP contribution < -0.4 is 4.72 Å². The van der Waals surface area contributed by atoms with Crippen molar-refractivity contribution < 1.29 is 8.42 Å². The van der Waals surface area contributed by atoms with Gasteiger partial charge in [-0.05, 0) is 44.2 Å². The second-order valence-corrected chi connectivity index (χ2v) is 11.9. The molecule has 33 heavy (non-hydrogen) atoms. The minimum absolute atomic E-state index is 0.0155. The molecule has 0 radical (unpaired) electrons. The Morgan fingerprint density at radius 1 is 0.848 bits per heavy atom. The molecule has 1 atom stereocenters. The Morgan fingerprint density at radius 2 is 1.42 bits per heavy atom. The number of aromatic nitrogens is 2. The second kappa shape index (κ2) is 16.6. The maximum atomic E-state index is 12.6. The van der Waals surface area contributed by atoms with Gasteiger partial charge in [0.15, 0.2) is 0 Å². The summed E-state index contributed by atoms with van der Waals surface area (Å²) in [4.78, 5) is 0.347. The summed E-state index contributed by atoms with van der Waals surface area (Å²) in [6.07, 6.45) is 15.2. The van der Waals surface area contributed by atoms with Crippen LogP contribution in [-0.4, -0.2) is 30.5 Å². The largest absolute Gasteiger partial charge is 0.240 e. The summed E-state index contributed by atoms with van der Waals surface area (Å²) < 4.78 is 28.1. The van der Waals surface area contributed by atoms with E-state index >= 15 is 0 Å². The zero-order valence-corrected chi connectivity index (χ0v) is 22.4. The smallest absolute Gasteiger partial charge is 0.208 e. The molecular formula is C25H40ClN3O2S2. The molecule has 0 amide bonds. The monoisotopic (exact) mass is 513 g/mol. The van der Waals surface area contributed by atoms with Crippen LogP contribution in [0.1, 0.15) is 94.0 Å². The predicted octanol–water partition coefficient (Wildman–Crippen LogP) is 6.91. The van der Waals surface area contributed by atoms with Crippen LogP contribution in [0.25, 0.3) is 0 Å². The molecule has 186 valence electrons. The highest BCUT2D eigenvalue weighted by Gasteiger charge is 2.19. The van der Waals surface area contributed by atoms with E-state index in [1.54, 1.807) is 35.6 Å². The van der Waals surface area contributed by atoms with Crippen LogP contribution in [-0.2, 0) is 22.9 Å². The molecule has 0 aliphatic heterocycles. The normalized spacial score (nSPS) is 12.8. The molecule has 8 heteroatoms. The Kier molecular flexibility index (Phi) is 14.2. The number of sulfonamides is 1. The SMILES string of the molecule is CCCC(CCCCCCCCc1nnc(CCCCCCl)s1)NS(=O)(=O)c1ccccc1. The van der Waals surface area contributed by atoms with Crippen LogP contribution in [0.15, 0.2) is 35.2 Å². The molecule has 2 aromatic rings. The van der Waals surface area contributed by atoms with Crippen molar-refractivity contribution >= 4 is 33.0 Å². The molecule has 1 aromatic carbocycles. The van der Waals surface area contributed by atoms with Gasteiger partial charge in [-0.1, -0.05) is 70.1 Å². The van der Waals surface area contributed by atoms with E-state index in [2.05, 4.69) is 21.8 Å². The van der Waals surface area contributed by atoms with Gasteiger partial charge in [0, 0.05) is 24.8 Å². The van der Waals surface area contributed by atoms with Gasteiger partial charge in [0.05, 0.1) is 4.90 Å². The Bertz CT molecular complexity index is 860. The van der Waals surface area contributed by atoms with E-state index in [-0.39, 0.29) is 6.04 Å². The number of alkyl halides is 1. The second-order valence-electron chi connectivity index (χ2n) is 8.67. The highest BCUT2D eigenvalue weighted by atomic mass is 35.5. The Morgan fingerprint density at radius 3 is 2.03 bits per heavy atom. The van der Waals surface area contributed by atoms with Gasteiger partial charge in [-0.15, -0.1) is 33.1 Å². The number of aryl methyl sites for hydroxylation is 2. The lowest BCUT2D eigenvalue weighted by Gasteiger charge is -2.18. The van der Waals surface area contributed by atoms with E-state index in [1.807, 2.05) is 6.07 Å². The molecule has 5 nitrogen and oxygen atoms in total. The number of hydrogen-bond acceptors (Lipinski definition) is 5. The fraction of sp³-hybridized carbons (Fsp3) is 0.680. The fourth-order valence-corrected chi connectivity index (χ4v) is 6.35. The van der Waals surface area contributed by atoms with Crippen molar-refractivity contribution in [3.8, 4) is 0 Å². The minimum atomic E-state index is -3.43. The molecule has 1 unspecified atom stereocenters. The van der Waals surface area contributed by atoms with Crippen molar-refractivity contribution in [2.24, 2.45) is 0 Å². The zero-order chi connectivity index (χ0) is 23.8. The van der Waals surface area contributed by atoms with E-state index in [4.69, 9.17) is 11.6 Å². The lowest BCUT2D eigenvalue weighted by Crippen LogP contribution is -2.34. The third kappa shape index (κ3) is 11.8. The molecule has 1 N–H and O–H groups in total.